The molecule has 0 amide bonds. The molecule has 0 aromatic carbocycles. The first-order valence-corrected chi connectivity index (χ1v) is 5.92. The van der Waals surface area contributed by atoms with Crippen LogP contribution < -0.4 is 4.18 Å². The van der Waals surface area contributed by atoms with Gasteiger partial charge in [0.05, 0.1) is 11.7 Å². The molecule has 2 aromatic heterocycles. The number of hydrogen-bond acceptors (Lipinski definition) is 5. The molecule has 5 nitrogen and oxygen atoms in total. The summed E-state index contributed by atoms with van der Waals surface area (Å²) in [6.07, 6.45) is 2.59. The smallest absolute Gasteiger partial charge is 0.355 e. The van der Waals surface area contributed by atoms with Crippen molar-refractivity contribution in [2.75, 3.05) is 0 Å². The van der Waals surface area contributed by atoms with Crippen LogP contribution in [0.1, 0.15) is 0 Å². The van der Waals surface area contributed by atoms with Crippen LogP contribution in [0.5, 0.6) is 5.88 Å². The number of pyridine rings is 2. The SMILES string of the molecule is O=S(=O)(Oc1cc2cccnc2cn1)C(F)(F)F. The van der Waals surface area contributed by atoms with Crippen molar-refractivity contribution >= 4 is 21.0 Å². The second-order valence-corrected chi connectivity index (χ2v) is 4.74. The van der Waals surface area contributed by atoms with E-state index < -0.39 is 21.5 Å². The van der Waals surface area contributed by atoms with E-state index in [0.29, 0.717) is 10.9 Å². The first kappa shape index (κ1) is 12.6. The molecule has 2 heterocycles. The first-order valence-electron chi connectivity index (χ1n) is 4.51. The molecule has 0 aliphatic carbocycles. The number of hydrogen-bond donors (Lipinski definition) is 0. The molecular formula is C9H5F3N2O3S. The first-order chi connectivity index (χ1) is 8.29. The highest BCUT2D eigenvalue weighted by Gasteiger charge is 2.48. The number of rotatable bonds is 2. The molecule has 0 unspecified atom stereocenters. The summed E-state index contributed by atoms with van der Waals surface area (Å²) in [6, 6.07) is 4.15. The van der Waals surface area contributed by atoms with Gasteiger partial charge in [0.15, 0.2) is 0 Å². The maximum absolute atomic E-state index is 12.1. The van der Waals surface area contributed by atoms with Gasteiger partial charge >= 0.3 is 15.6 Å². The van der Waals surface area contributed by atoms with Crippen LogP contribution in [0.15, 0.2) is 30.6 Å². The summed E-state index contributed by atoms with van der Waals surface area (Å²) in [5.41, 5.74) is -5.08. The van der Waals surface area contributed by atoms with E-state index in [0.717, 1.165) is 12.3 Å². The molecule has 0 radical (unpaired) electrons. The molecular weight excluding hydrogens is 273 g/mol. The zero-order valence-corrected chi connectivity index (χ0v) is 9.36. The van der Waals surface area contributed by atoms with Gasteiger partial charge in [-0.05, 0) is 6.07 Å². The van der Waals surface area contributed by atoms with Gasteiger partial charge in [0, 0.05) is 17.6 Å². The van der Waals surface area contributed by atoms with Crippen molar-refractivity contribution in [2.45, 2.75) is 5.51 Å². The Morgan fingerprint density at radius 1 is 1.22 bits per heavy atom. The molecule has 2 rings (SSSR count). The standard InChI is InChI=1S/C9H5F3N2O3S/c10-9(11,12)18(15,16)17-8-4-6-2-1-3-13-7(6)5-14-8/h1-5H. The van der Waals surface area contributed by atoms with Crippen LogP contribution in [-0.2, 0) is 10.1 Å². The highest BCUT2D eigenvalue weighted by Crippen LogP contribution is 2.26. The molecule has 0 fully saturated rings. The molecule has 0 spiro atoms. The Labute approximate surface area is 99.4 Å². The number of alkyl halides is 3. The van der Waals surface area contributed by atoms with E-state index in [2.05, 4.69) is 14.2 Å². The van der Waals surface area contributed by atoms with Gasteiger partial charge in [-0.25, -0.2) is 4.98 Å². The normalized spacial score (nSPS) is 12.6. The summed E-state index contributed by atoms with van der Waals surface area (Å²) in [5.74, 6) is -0.659. The van der Waals surface area contributed by atoms with Crippen LogP contribution in [0, 0.1) is 0 Å². The molecule has 2 aromatic rings. The van der Waals surface area contributed by atoms with Crippen LogP contribution in [0.4, 0.5) is 13.2 Å². The van der Waals surface area contributed by atoms with E-state index in [-0.39, 0.29) is 0 Å². The number of aromatic nitrogens is 2. The molecule has 0 saturated carbocycles. The monoisotopic (exact) mass is 278 g/mol. The molecule has 96 valence electrons. The van der Waals surface area contributed by atoms with Crippen LogP contribution in [-0.4, -0.2) is 23.9 Å². The third-order valence-corrected chi connectivity index (χ3v) is 2.90. The van der Waals surface area contributed by atoms with Gasteiger partial charge in [-0.2, -0.15) is 21.6 Å². The molecule has 0 N–H and O–H groups in total. The maximum Gasteiger partial charge on any atom is 0.534 e. The number of halogens is 3. The molecule has 18 heavy (non-hydrogen) atoms. The van der Waals surface area contributed by atoms with Crippen molar-refractivity contribution in [1.82, 2.24) is 9.97 Å². The minimum Gasteiger partial charge on any atom is -0.355 e. The summed E-state index contributed by atoms with van der Waals surface area (Å²) < 4.78 is 61.6. The Bertz CT molecular complexity index is 685. The lowest BCUT2D eigenvalue weighted by atomic mass is 10.3. The van der Waals surface area contributed by atoms with Crippen LogP contribution >= 0.6 is 0 Å². The summed E-state index contributed by atoms with van der Waals surface area (Å²) >= 11 is 0. The van der Waals surface area contributed by atoms with Crippen LogP contribution in [0.2, 0.25) is 0 Å². The second kappa shape index (κ2) is 4.09. The third-order valence-electron chi connectivity index (χ3n) is 1.94. The predicted molar refractivity (Wildman–Crippen MR) is 55.1 cm³/mol. The van der Waals surface area contributed by atoms with Gasteiger partial charge in [0.2, 0.25) is 5.88 Å². The largest absolute Gasteiger partial charge is 0.534 e. The van der Waals surface area contributed by atoms with Gasteiger partial charge < -0.3 is 4.18 Å². The molecule has 0 saturated heterocycles. The van der Waals surface area contributed by atoms with E-state index in [1.54, 1.807) is 6.07 Å². The molecule has 0 aliphatic rings. The average Bonchev–Trinajstić information content (AvgIpc) is 2.27. The van der Waals surface area contributed by atoms with E-state index in [1.165, 1.54) is 12.3 Å². The van der Waals surface area contributed by atoms with Crippen LogP contribution in [0.25, 0.3) is 10.9 Å². The summed E-state index contributed by atoms with van der Waals surface area (Å²) in [4.78, 5) is 7.32. The highest BCUT2D eigenvalue weighted by atomic mass is 32.2. The molecule has 0 bridgehead atoms. The summed E-state index contributed by atoms with van der Waals surface area (Å²) in [7, 11) is -5.70. The molecule has 0 atom stereocenters. The number of nitrogens with zero attached hydrogens (tertiary/aromatic N) is 2. The van der Waals surface area contributed by atoms with Crippen molar-refractivity contribution in [3.05, 3.63) is 30.6 Å². The Morgan fingerprint density at radius 3 is 2.61 bits per heavy atom. The van der Waals surface area contributed by atoms with Gasteiger partial charge in [0.25, 0.3) is 0 Å². The van der Waals surface area contributed by atoms with Crippen molar-refractivity contribution in [1.29, 1.82) is 0 Å². The van der Waals surface area contributed by atoms with Crippen molar-refractivity contribution < 1.29 is 25.8 Å². The maximum atomic E-state index is 12.1. The lowest BCUT2D eigenvalue weighted by Crippen LogP contribution is -2.28. The lowest BCUT2D eigenvalue weighted by Gasteiger charge is -2.08. The third kappa shape index (κ3) is 2.35. The van der Waals surface area contributed by atoms with Crippen LogP contribution in [0.3, 0.4) is 0 Å². The Hall–Kier alpha value is -1.90. The zero-order valence-electron chi connectivity index (χ0n) is 8.55. The van der Waals surface area contributed by atoms with E-state index >= 15 is 0 Å². The highest BCUT2D eigenvalue weighted by molar-refractivity contribution is 7.87. The quantitative estimate of drug-likeness (QED) is 0.619. The fraction of sp³-hybridized carbons (Fsp3) is 0.111. The Kier molecular flexibility index (Phi) is 2.85. The lowest BCUT2D eigenvalue weighted by molar-refractivity contribution is -0.0501. The van der Waals surface area contributed by atoms with Crippen molar-refractivity contribution in [3.8, 4) is 5.88 Å². The minimum absolute atomic E-state index is 0.411. The van der Waals surface area contributed by atoms with E-state index in [4.69, 9.17) is 0 Å². The minimum atomic E-state index is -5.70. The molecule has 9 heteroatoms. The Morgan fingerprint density at radius 2 is 1.94 bits per heavy atom. The zero-order chi connectivity index (χ0) is 13.4. The van der Waals surface area contributed by atoms with Gasteiger partial charge in [-0.15, -0.1) is 0 Å². The predicted octanol–water partition coefficient (Wildman–Crippen LogP) is 1.86. The second-order valence-electron chi connectivity index (χ2n) is 3.20. The van der Waals surface area contributed by atoms with E-state index in [1.807, 2.05) is 0 Å². The average molecular weight is 278 g/mol. The van der Waals surface area contributed by atoms with Gasteiger partial charge in [-0.1, -0.05) is 6.07 Å². The fourth-order valence-electron chi connectivity index (χ4n) is 1.16. The fourth-order valence-corrected chi connectivity index (χ4v) is 1.57. The van der Waals surface area contributed by atoms with Crippen molar-refractivity contribution in [2.24, 2.45) is 0 Å². The van der Waals surface area contributed by atoms with E-state index in [9.17, 15) is 21.6 Å². The topological polar surface area (TPSA) is 69.2 Å². The van der Waals surface area contributed by atoms with Gasteiger partial charge in [0.1, 0.15) is 0 Å². The Balaban J connectivity index is 2.39. The molecule has 0 aliphatic heterocycles. The number of fused-ring (bicyclic) bond motifs is 1. The van der Waals surface area contributed by atoms with Gasteiger partial charge in [-0.3, -0.25) is 4.98 Å². The summed E-state index contributed by atoms with van der Waals surface area (Å²) in [5, 5.41) is 0.417. The summed E-state index contributed by atoms with van der Waals surface area (Å²) in [6.45, 7) is 0. The van der Waals surface area contributed by atoms with Crippen molar-refractivity contribution in [3.63, 3.8) is 0 Å².